The Morgan fingerprint density at radius 2 is 2.00 bits per heavy atom. The van der Waals surface area contributed by atoms with Crippen molar-refractivity contribution in [2.24, 2.45) is 5.92 Å². The Balaban J connectivity index is 1.66. The molecule has 0 spiro atoms. The van der Waals surface area contributed by atoms with Crippen LogP contribution in [0.15, 0.2) is 48.8 Å². The van der Waals surface area contributed by atoms with Gasteiger partial charge >= 0.3 is 0 Å². The Labute approximate surface area is 153 Å². The van der Waals surface area contributed by atoms with E-state index in [9.17, 15) is 9.59 Å². The lowest BCUT2D eigenvalue weighted by Crippen LogP contribution is -2.32. The molecule has 136 valence electrons. The Morgan fingerprint density at radius 1 is 1.27 bits per heavy atom. The van der Waals surface area contributed by atoms with Gasteiger partial charge in [-0.15, -0.1) is 0 Å². The number of aromatic nitrogens is 1. The molecular weight excluding hydrogens is 330 g/mol. The highest BCUT2D eigenvalue weighted by molar-refractivity contribution is 6.01. The zero-order chi connectivity index (χ0) is 18.5. The number of rotatable bonds is 6. The summed E-state index contributed by atoms with van der Waals surface area (Å²) < 4.78 is 5.81. The fraction of sp³-hybridized carbons (Fsp3) is 0.350. The average Bonchev–Trinajstić information content (AvgIpc) is 3.02. The van der Waals surface area contributed by atoms with Crippen LogP contribution in [0.3, 0.4) is 0 Å². The summed E-state index contributed by atoms with van der Waals surface area (Å²) in [6, 6.07) is 11.2. The van der Waals surface area contributed by atoms with Gasteiger partial charge in [0.25, 0.3) is 0 Å². The average molecular weight is 353 g/mol. The van der Waals surface area contributed by atoms with Crippen LogP contribution < -0.4 is 15.0 Å². The Bertz CT molecular complexity index is 777. The van der Waals surface area contributed by atoms with Gasteiger partial charge in [0, 0.05) is 31.9 Å². The first-order valence-corrected chi connectivity index (χ1v) is 8.77. The number of anilines is 1. The Kier molecular flexibility index (Phi) is 5.51. The zero-order valence-electron chi connectivity index (χ0n) is 15.0. The summed E-state index contributed by atoms with van der Waals surface area (Å²) in [6.45, 7) is 4.68. The van der Waals surface area contributed by atoms with Crippen molar-refractivity contribution in [3.8, 4) is 5.75 Å². The van der Waals surface area contributed by atoms with Crippen LogP contribution in [-0.2, 0) is 16.1 Å². The number of para-hydroxylation sites is 2. The standard InChI is InChI=1S/C20H23N3O3/c1-14(2)26-18-6-4-3-5-17(18)23-13-16(11-19(23)24)20(25)22-12-15-7-9-21-10-8-15/h3-10,14,16H,11-13H2,1-2H3,(H,22,25). The topological polar surface area (TPSA) is 71.5 Å². The molecule has 2 heterocycles. The highest BCUT2D eigenvalue weighted by atomic mass is 16.5. The largest absolute Gasteiger partial charge is 0.489 e. The number of hydrogen-bond donors (Lipinski definition) is 1. The van der Waals surface area contributed by atoms with Crippen molar-refractivity contribution in [3.05, 3.63) is 54.4 Å². The summed E-state index contributed by atoms with van der Waals surface area (Å²) in [5, 5.41) is 2.90. The molecule has 1 aromatic heterocycles. The van der Waals surface area contributed by atoms with Crippen molar-refractivity contribution < 1.29 is 14.3 Å². The number of amides is 2. The maximum absolute atomic E-state index is 12.5. The number of benzene rings is 1. The summed E-state index contributed by atoms with van der Waals surface area (Å²) >= 11 is 0. The van der Waals surface area contributed by atoms with Crippen LogP contribution in [0, 0.1) is 5.92 Å². The van der Waals surface area contributed by atoms with Gasteiger partial charge in [0.2, 0.25) is 11.8 Å². The predicted molar refractivity (Wildman–Crippen MR) is 98.7 cm³/mol. The second-order valence-electron chi connectivity index (χ2n) is 6.61. The van der Waals surface area contributed by atoms with Gasteiger partial charge in [-0.25, -0.2) is 0 Å². The third-order valence-corrected chi connectivity index (χ3v) is 4.23. The zero-order valence-corrected chi connectivity index (χ0v) is 15.0. The number of pyridine rings is 1. The summed E-state index contributed by atoms with van der Waals surface area (Å²) in [5.74, 6) is 0.124. The minimum atomic E-state index is -0.364. The highest BCUT2D eigenvalue weighted by Gasteiger charge is 2.36. The first-order chi connectivity index (χ1) is 12.5. The van der Waals surface area contributed by atoms with Crippen molar-refractivity contribution in [1.29, 1.82) is 0 Å². The third kappa shape index (κ3) is 4.20. The predicted octanol–water partition coefficient (Wildman–Crippen LogP) is 2.54. The van der Waals surface area contributed by atoms with E-state index in [2.05, 4.69) is 10.3 Å². The molecule has 1 aromatic carbocycles. The molecule has 3 rings (SSSR count). The molecule has 26 heavy (non-hydrogen) atoms. The SMILES string of the molecule is CC(C)Oc1ccccc1N1CC(C(=O)NCc2ccncc2)CC1=O. The minimum Gasteiger partial charge on any atom is -0.489 e. The quantitative estimate of drug-likeness (QED) is 0.866. The minimum absolute atomic E-state index is 0.00770. The number of carbonyl (C=O) groups excluding carboxylic acids is 2. The van der Waals surface area contributed by atoms with Gasteiger partial charge < -0.3 is 15.0 Å². The summed E-state index contributed by atoms with van der Waals surface area (Å²) in [4.78, 5) is 30.6. The van der Waals surface area contributed by atoms with E-state index in [1.807, 2.05) is 50.2 Å². The summed E-state index contributed by atoms with van der Waals surface area (Å²) in [7, 11) is 0. The number of ether oxygens (including phenoxy) is 1. The third-order valence-electron chi connectivity index (χ3n) is 4.23. The maximum Gasteiger partial charge on any atom is 0.227 e. The summed E-state index contributed by atoms with van der Waals surface area (Å²) in [5.41, 5.74) is 1.70. The van der Waals surface area contributed by atoms with Crippen LogP contribution in [0.25, 0.3) is 0 Å². The van der Waals surface area contributed by atoms with Crippen LogP contribution in [0.2, 0.25) is 0 Å². The van der Waals surface area contributed by atoms with Gasteiger partial charge in [-0.2, -0.15) is 0 Å². The molecule has 0 bridgehead atoms. The number of carbonyl (C=O) groups is 2. The fourth-order valence-corrected chi connectivity index (χ4v) is 2.98. The molecule has 1 fully saturated rings. The smallest absolute Gasteiger partial charge is 0.227 e. The molecule has 1 aliphatic rings. The molecule has 0 radical (unpaired) electrons. The van der Waals surface area contributed by atoms with Crippen molar-refractivity contribution in [3.63, 3.8) is 0 Å². The van der Waals surface area contributed by atoms with Crippen LogP contribution in [0.4, 0.5) is 5.69 Å². The number of nitrogens with one attached hydrogen (secondary N) is 1. The molecule has 1 saturated heterocycles. The van der Waals surface area contributed by atoms with Crippen LogP contribution in [-0.4, -0.2) is 29.4 Å². The van der Waals surface area contributed by atoms with Crippen LogP contribution in [0.5, 0.6) is 5.75 Å². The van der Waals surface area contributed by atoms with E-state index in [-0.39, 0.29) is 30.3 Å². The molecule has 2 amide bonds. The molecule has 1 N–H and O–H groups in total. The van der Waals surface area contributed by atoms with Crippen LogP contribution in [0.1, 0.15) is 25.8 Å². The van der Waals surface area contributed by atoms with Crippen molar-refractivity contribution in [2.45, 2.75) is 32.9 Å². The molecule has 0 saturated carbocycles. The first kappa shape index (κ1) is 17.9. The van der Waals surface area contributed by atoms with Crippen LogP contribution >= 0.6 is 0 Å². The van der Waals surface area contributed by atoms with Gasteiger partial charge in [0.15, 0.2) is 0 Å². The first-order valence-electron chi connectivity index (χ1n) is 8.77. The van der Waals surface area contributed by atoms with Crippen molar-refractivity contribution >= 4 is 17.5 Å². The highest BCUT2D eigenvalue weighted by Crippen LogP contribution is 2.33. The van der Waals surface area contributed by atoms with E-state index in [0.717, 1.165) is 11.3 Å². The Morgan fingerprint density at radius 3 is 2.73 bits per heavy atom. The molecule has 6 nitrogen and oxygen atoms in total. The lowest BCUT2D eigenvalue weighted by Gasteiger charge is -2.21. The van der Waals surface area contributed by atoms with Gasteiger partial charge in [0.05, 0.1) is 17.7 Å². The second kappa shape index (κ2) is 7.99. The van der Waals surface area contributed by atoms with E-state index in [1.165, 1.54) is 0 Å². The normalized spacial score (nSPS) is 16.8. The second-order valence-corrected chi connectivity index (χ2v) is 6.61. The lowest BCUT2D eigenvalue weighted by molar-refractivity contribution is -0.126. The van der Waals surface area contributed by atoms with E-state index in [0.29, 0.717) is 18.8 Å². The molecular formula is C20H23N3O3. The molecule has 0 aliphatic carbocycles. The van der Waals surface area contributed by atoms with Gasteiger partial charge in [-0.3, -0.25) is 14.6 Å². The van der Waals surface area contributed by atoms with Crippen molar-refractivity contribution in [2.75, 3.05) is 11.4 Å². The van der Waals surface area contributed by atoms with E-state index in [4.69, 9.17) is 4.74 Å². The molecule has 6 heteroatoms. The Hall–Kier alpha value is -2.89. The van der Waals surface area contributed by atoms with Crippen molar-refractivity contribution in [1.82, 2.24) is 10.3 Å². The number of nitrogens with zero attached hydrogens (tertiary/aromatic N) is 2. The fourth-order valence-electron chi connectivity index (χ4n) is 2.98. The van der Waals surface area contributed by atoms with Gasteiger partial charge in [-0.1, -0.05) is 12.1 Å². The summed E-state index contributed by atoms with van der Waals surface area (Å²) in [6.07, 6.45) is 3.59. The van der Waals surface area contributed by atoms with E-state index in [1.54, 1.807) is 17.3 Å². The molecule has 1 atom stereocenters. The maximum atomic E-state index is 12.5. The van der Waals surface area contributed by atoms with E-state index >= 15 is 0 Å². The number of hydrogen-bond acceptors (Lipinski definition) is 4. The monoisotopic (exact) mass is 353 g/mol. The molecule has 1 unspecified atom stereocenters. The molecule has 1 aliphatic heterocycles. The lowest BCUT2D eigenvalue weighted by atomic mass is 10.1. The van der Waals surface area contributed by atoms with E-state index < -0.39 is 0 Å². The van der Waals surface area contributed by atoms with Gasteiger partial charge in [-0.05, 0) is 43.7 Å². The van der Waals surface area contributed by atoms with Gasteiger partial charge in [0.1, 0.15) is 5.75 Å². The molecule has 2 aromatic rings.